The monoisotopic (exact) mass is 297 g/mol. The summed E-state index contributed by atoms with van der Waals surface area (Å²) in [4.78, 5) is 14.4. The predicted octanol–water partition coefficient (Wildman–Crippen LogP) is 2.25. The van der Waals surface area contributed by atoms with E-state index in [0.29, 0.717) is 12.6 Å². The van der Waals surface area contributed by atoms with E-state index >= 15 is 0 Å². The van der Waals surface area contributed by atoms with Crippen LogP contribution in [-0.4, -0.2) is 50.1 Å². The molecular formula is C17H35N3O. The van der Waals surface area contributed by atoms with Gasteiger partial charge in [0.25, 0.3) is 0 Å². The van der Waals surface area contributed by atoms with E-state index in [4.69, 9.17) is 0 Å². The Morgan fingerprint density at radius 1 is 1.19 bits per heavy atom. The Balaban J connectivity index is 2.13. The Hall–Kier alpha value is -0.610. The van der Waals surface area contributed by atoms with Gasteiger partial charge in [-0.3, -0.25) is 9.69 Å². The van der Waals surface area contributed by atoms with Gasteiger partial charge in [-0.25, -0.2) is 0 Å². The molecule has 1 amide bonds. The molecule has 0 aromatic carbocycles. The third-order valence-corrected chi connectivity index (χ3v) is 4.39. The van der Waals surface area contributed by atoms with Crippen LogP contribution in [0.5, 0.6) is 0 Å². The van der Waals surface area contributed by atoms with E-state index in [1.807, 2.05) is 7.05 Å². The molecule has 1 unspecified atom stereocenters. The van der Waals surface area contributed by atoms with Gasteiger partial charge in [-0.05, 0) is 64.7 Å². The second kappa shape index (κ2) is 10.2. The number of piperidine rings is 1. The summed E-state index contributed by atoms with van der Waals surface area (Å²) in [6.45, 7) is 10.4. The lowest BCUT2D eigenvalue weighted by molar-refractivity contribution is -0.123. The number of nitrogens with zero attached hydrogens (tertiary/aromatic N) is 1. The average molecular weight is 297 g/mol. The molecule has 1 heterocycles. The molecule has 1 atom stereocenters. The fourth-order valence-electron chi connectivity index (χ4n) is 3.07. The minimum absolute atomic E-state index is 0.194. The zero-order valence-electron chi connectivity index (χ0n) is 14.5. The van der Waals surface area contributed by atoms with Crippen LogP contribution in [0.3, 0.4) is 0 Å². The number of carbonyl (C=O) groups excluding carboxylic acids is 1. The highest BCUT2D eigenvalue weighted by Crippen LogP contribution is 2.15. The molecule has 0 bridgehead atoms. The molecule has 1 aliphatic rings. The largest absolute Gasteiger partial charge is 0.353 e. The molecule has 1 rings (SSSR count). The summed E-state index contributed by atoms with van der Waals surface area (Å²) in [5, 5.41) is 6.39. The van der Waals surface area contributed by atoms with Crippen LogP contribution in [0.15, 0.2) is 0 Å². The van der Waals surface area contributed by atoms with Crippen molar-refractivity contribution in [2.24, 2.45) is 11.8 Å². The number of rotatable bonds is 9. The van der Waals surface area contributed by atoms with Crippen molar-refractivity contribution < 1.29 is 4.79 Å². The van der Waals surface area contributed by atoms with Gasteiger partial charge in [0, 0.05) is 6.04 Å². The second-order valence-corrected chi connectivity index (χ2v) is 7.07. The third-order valence-electron chi connectivity index (χ3n) is 4.39. The smallest absolute Gasteiger partial charge is 0.234 e. The van der Waals surface area contributed by atoms with Crippen molar-refractivity contribution >= 4 is 5.91 Å². The van der Waals surface area contributed by atoms with Crippen molar-refractivity contribution in [3.05, 3.63) is 0 Å². The van der Waals surface area contributed by atoms with Crippen molar-refractivity contribution in [2.45, 2.75) is 58.9 Å². The number of hydrogen-bond acceptors (Lipinski definition) is 3. The highest BCUT2D eigenvalue weighted by atomic mass is 16.2. The Kier molecular flexibility index (Phi) is 8.93. The molecule has 0 radical (unpaired) electrons. The SMILES string of the molecule is CNCC1CCN(CC(=O)NC(C)CCCC(C)C)CC1. The lowest BCUT2D eigenvalue weighted by atomic mass is 9.97. The molecule has 0 aliphatic carbocycles. The molecule has 4 nitrogen and oxygen atoms in total. The van der Waals surface area contributed by atoms with Crippen molar-refractivity contribution in [3.8, 4) is 0 Å². The second-order valence-electron chi connectivity index (χ2n) is 7.07. The summed E-state index contributed by atoms with van der Waals surface area (Å²) in [5.41, 5.74) is 0. The van der Waals surface area contributed by atoms with Crippen molar-refractivity contribution in [1.82, 2.24) is 15.5 Å². The number of hydrogen-bond donors (Lipinski definition) is 2. The minimum Gasteiger partial charge on any atom is -0.353 e. The van der Waals surface area contributed by atoms with E-state index in [9.17, 15) is 4.79 Å². The number of carbonyl (C=O) groups is 1. The van der Waals surface area contributed by atoms with Gasteiger partial charge < -0.3 is 10.6 Å². The van der Waals surface area contributed by atoms with E-state index in [1.165, 1.54) is 25.7 Å². The van der Waals surface area contributed by atoms with E-state index in [2.05, 4.69) is 36.3 Å². The maximum absolute atomic E-state index is 12.1. The van der Waals surface area contributed by atoms with Crippen LogP contribution >= 0.6 is 0 Å². The molecule has 4 heteroatoms. The van der Waals surface area contributed by atoms with Crippen LogP contribution in [0.25, 0.3) is 0 Å². The van der Waals surface area contributed by atoms with Crippen LogP contribution in [-0.2, 0) is 4.79 Å². The van der Waals surface area contributed by atoms with Gasteiger partial charge in [-0.1, -0.05) is 26.7 Å². The minimum atomic E-state index is 0.194. The van der Waals surface area contributed by atoms with Crippen molar-refractivity contribution in [3.63, 3.8) is 0 Å². The summed E-state index contributed by atoms with van der Waals surface area (Å²) < 4.78 is 0. The maximum Gasteiger partial charge on any atom is 0.234 e. The van der Waals surface area contributed by atoms with Crippen LogP contribution in [0.4, 0.5) is 0 Å². The molecular weight excluding hydrogens is 262 g/mol. The first kappa shape index (κ1) is 18.4. The fraction of sp³-hybridized carbons (Fsp3) is 0.941. The molecule has 1 fully saturated rings. The zero-order valence-corrected chi connectivity index (χ0v) is 14.5. The average Bonchev–Trinajstić information content (AvgIpc) is 2.40. The molecule has 0 aromatic heterocycles. The summed E-state index contributed by atoms with van der Waals surface area (Å²) in [7, 11) is 2.01. The van der Waals surface area contributed by atoms with Gasteiger partial charge in [0.2, 0.25) is 5.91 Å². The number of amides is 1. The first-order chi connectivity index (χ1) is 10.0. The quantitative estimate of drug-likeness (QED) is 0.686. The number of nitrogens with one attached hydrogen (secondary N) is 2. The standard InChI is InChI=1S/C17H35N3O/c1-14(2)6-5-7-15(3)19-17(21)13-20-10-8-16(9-11-20)12-18-4/h14-16,18H,5-13H2,1-4H3,(H,19,21). The van der Waals surface area contributed by atoms with Crippen LogP contribution in [0, 0.1) is 11.8 Å². The molecule has 21 heavy (non-hydrogen) atoms. The zero-order chi connectivity index (χ0) is 15.7. The Morgan fingerprint density at radius 3 is 2.43 bits per heavy atom. The van der Waals surface area contributed by atoms with Crippen molar-refractivity contribution in [2.75, 3.05) is 33.2 Å². The topological polar surface area (TPSA) is 44.4 Å². The van der Waals surface area contributed by atoms with E-state index in [-0.39, 0.29) is 5.91 Å². The fourth-order valence-corrected chi connectivity index (χ4v) is 3.07. The summed E-state index contributed by atoms with van der Waals surface area (Å²) in [6, 6.07) is 0.304. The molecule has 1 saturated heterocycles. The molecule has 0 saturated carbocycles. The van der Waals surface area contributed by atoms with E-state index in [1.54, 1.807) is 0 Å². The number of likely N-dealkylation sites (tertiary alicyclic amines) is 1. The summed E-state index contributed by atoms with van der Waals surface area (Å²) in [5.74, 6) is 1.73. The van der Waals surface area contributed by atoms with Gasteiger partial charge in [0.1, 0.15) is 0 Å². The Morgan fingerprint density at radius 2 is 1.86 bits per heavy atom. The molecule has 124 valence electrons. The van der Waals surface area contributed by atoms with Gasteiger partial charge in [0.05, 0.1) is 6.54 Å². The summed E-state index contributed by atoms with van der Waals surface area (Å²) >= 11 is 0. The normalized spacial score (nSPS) is 18.9. The van der Waals surface area contributed by atoms with Crippen LogP contribution < -0.4 is 10.6 Å². The Labute approximate surface area is 131 Å². The van der Waals surface area contributed by atoms with Gasteiger partial charge in [-0.15, -0.1) is 0 Å². The predicted molar refractivity (Wildman–Crippen MR) is 89.4 cm³/mol. The van der Waals surface area contributed by atoms with Gasteiger partial charge >= 0.3 is 0 Å². The molecule has 0 aromatic rings. The maximum atomic E-state index is 12.1. The first-order valence-electron chi connectivity index (χ1n) is 8.67. The Bertz CT molecular complexity index is 286. The van der Waals surface area contributed by atoms with Crippen molar-refractivity contribution in [1.29, 1.82) is 0 Å². The lowest BCUT2D eigenvalue weighted by Crippen LogP contribution is -2.44. The van der Waals surface area contributed by atoms with Gasteiger partial charge in [0.15, 0.2) is 0 Å². The van der Waals surface area contributed by atoms with Crippen LogP contribution in [0.1, 0.15) is 52.9 Å². The highest BCUT2D eigenvalue weighted by molar-refractivity contribution is 5.78. The highest BCUT2D eigenvalue weighted by Gasteiger charge is 2.20. The molecule has 1 aliphatic heterocycles. The molecule has 2 N–H and O–H groups in total. The third kappa shape index (κ3) is 8.42. The molecule has 0 spiro atoms. The summed E-state index contributed by atoms with van der Waals surface area (Å²) in [6.07, 6.45) is 5.96. The lowest BCUT2D eigenvalue weighted by Gasteiger charge is -2.31. The first-order valence-corrected chi connectivity index (χ1v) is 8.67. The van der Waals surface area contributed by atoms with E-state index in [0.717, 1.165) is 37.9 Å². The van der Waals surface area contributed by atoms with Crippen LogP contribution in [0.2, 0.25) is 0 Å². The van der Waals surface area contributed by atoms with Gasteiger partial charge in [-0.2, -0.15) is 0 Å². The van der Waals surface area contributed by atoms with E-state index < -0.39 is 0 Å².